The van der Waals surface area contributed by atoms with Gasteiger partial charge in [-0.05, 0) is 42.5 Å². The van der Waals surface area contributed by atoms with Gasteiger partial charge in [0.25, 0.3) is 0 Å². The summed E-state index contributed by atoms with van der Waals surface area (Å²) in [6.45, 7) is 0.859. The number of rotatable bonds is 8. The van der Waals surface area contributed by atoms with Crippen LogP contribution in [-0.4, -0.2) is 42.6 Å². The van der Waals surface area contributed by atoms with Gasteiger partial charge in [0.15, 0.2) is 0 Å². The molecule has 1 fully saturated rings. The minimum absolute atomic E-state index is 0.134. The fraction of sp³-hybridized carbons (Fsp3) is 0.364. The Labute approximate surface area is 169 Å². The van der Waals surface area contributed by atoms with Crippen molar-refractivity contribution in [3.63, 3.8) is 0 Å². The molecule has 0 radical (unpaired) electrons. The number of carbonyl (C=O) groups excluding carboxylic acids is 2. The Morgan fingerprint density at radius 1 is 1.17 bits per heavy atom. The first-order valence-electron chi connectivity index (χ1n) is 9.76. The smallest absolute Gasteiger partial charge is 0.317 e. The van der Waals surface area contributed by atoms with Crippen LogP contribution in [0.2, 0.25) is 0 Å². The highest BCUT2D eigenvalue weighted by Gasteiger charge is 2.28. The number of hydrogen-bond donors (Lipinski definition) is 2. The Balaban J connectivity index is 1.60. The topological polar surface area (TPSA) is 84.7 Å². The monoisotopic (exact) mass is 399 g/mol. The predicted molar refractivity (Wildman–Crippen MR) is 108 cm³/mol. The number of aryl methyl sites for hydroxylation is 1. The highest BCUT2D eigenvalue weighted by molar-refractivity contribution is 5.75. The fourth-order valence-electron chi connectivity index (χ4n) is 3.46. The number of amides is 3. The van der Waals surface area contributed by atoms with Crippen LogP contribution in [0, 0.1) is 5.82 Å². The Morgan fingerprint density at radius 3 is 2.59 bits per heavy atom. The average molecular weight is 399 g/mol. The predicted octanol–water partition coefficient (Wildman–Crippen LogP) is 2.79. The van der Waals surface area contributed by atoms with Gasteiger partial charge in [-0.3, -0.25) is 4.79 Å². The number of halogens is 1. The van der Waals surface area contributed by atoms with Crippen molar-refractivity contribution in [3.8, 4) is 0 Å². The highest BCUT2D eigenvalue weighted by Crippen LogP contribution is 2.21. The van der Waals surface area contributed by atoms with E-state index in [2.05, 4.69) is 5.32 Å². The molecule has 0 aliphatic carbocycles. The van der Waals surface area contributed by atoms with E-state index in [1.807, 2.05) is 30.3 Å². The van der Waals surface area contributed by atoms with Gasteiger partial charge in [0.1, 0.15) is 12.4 Å². The van der Waals surface area contributed by atoms with Crippen LogP contribution in [0.1, 0.15) is 30.0 Å². The van der Waals surface area contributed by atoms with Gasteiger partial charge in [0, 0.05) is 13.1 Å². The van der Waals surface area contributed by atoms with E-state index in [4.69, 9.17) is 10.5 Å². The minimum Gasteiger partial charge on any atom is -0.368 e. The lowest BCUT2D eigenvalue weighted by molar-refractivity contribution is -0.124. The molecule has 1 aliphatic heterocycles. The van der Waals surface area contributed by atoms with Crippen LogP contribution >= 0.6 is 0 Å². The number of hydrogen-bond acceptors (Lipinski definition) is 3. The molecule has 2 unspecified atom stereocenters. The van der Waals surface area contributed by atoms with Gasteiger partial charge in [0.2, 0.25) is 5.91 Å². The van der Waals surface area contributed by atoms with E-state index in [9.17, 15) is 14.0 Å². The molecule has 1 saturated heterocycles. The van der Waals surface area contributed by atoms with E-state index < -0.39 is 5.91 Å². The zero-order valence-electron chi connectivity index (χ0n) is 16.2. The molecule has 6 nitrogen and oxygen atoms in total. The third-order valence-corrected chi connectivity index (χ3v) is 5.03. The fourth-order valence-corrected chi connectivity index (χ4v) is 3.46. The normalized spacial score (nSPS) is 17.1. The number of benzene rings is 2. The van der Waals surface area contributed by atoms with Crippen LogP contribution in [0.3, 0.4) is 0 Å². The molecule has 7 heteroatoms. The van der Waals surface area contributed by atoms with Gasteiger partial charge in [-0.25, -0.2) is 9.18 Å². The molecule has 0 aromatic heterocycles. The SMILES string of the molecule is NC(=O)COC1CCN(C(=O)NC(CCc2ccc(F)cc2)c2ccccc2)C1. The summed E-state index contributed by atoms with van der Waals surface area (Å²) in [6.07, 6.45) is 1.90. The van der Waals surface area contributed by atoms with Crippen molar-refractivity contribution in [1.29, 1.82) is 0 Å². The second-order valence-corrected chi connectivity index (χ2v) is 7.21. The molecule has 0 saturated carbocycles. The molecular weight excluding hydrogens is 373 g/mol. The zero-order chi connectivity index (χ0) is 20.6. The molecule has 1 aliphatic rings. The summed E-state index contributed by atoms with van der Waals surface area (Å²) >= 11 is 0. The second-order valence-electron chi connectivity index (χ2n) is 7.21. The standard InChI is InChI=1S/C22H26FN3O3/c23-18-9-6-16(7-10-18)8-11-20(17-4-2-1-3-5-17)25-22(28)26-13-12-19(14-26)29-15-21(24)27/h1-7,9-10,19-20H,8,11-15H2,(H2,24,27)(H,25,28). The number of likely N-dealkylation sites (tertiary alicyclic amines) is 1. The lowest BCUT2D eigenvalue weighted by atomic mass is 9.99. The Hall–Kier alpha value is -2.93. The molecule has 2 aromatic carbocycles. The second kappa shape index (κ2) is 10.0. The highest BCUT2D eigenvalue weighted by atomic mass is 19.1. The molecule has 3 N–H and O–H groups in total. The average Bonchev–Trinajstić information content (AvgIpc) is 3.20. The summed E-state index contributed by atoms with van der Waals surface area (Å²) in [6, 6.07) is 15.9. The molecule has 3 rings (SSSR count). The van der Waals surface area contributed by atoms with Gasteiger partial charge in [-0.15, -0.1) is 0 Å². The molecule has 0 spiro atoms. The first-order chi connectivity index (χ1) is 14.0. The van der Waals surface area contributed by atoms with Gasteiger partial charge >= 0.3 is 6.03 Å². The van der Waals surface area contributed by atoms with Crippen molar-refractivity contribution >= 4 is 11.9 Å². The van der Waals surface area contributed by atoms with Crippen LogP contribution in [0.4, 0.5) is 9.18 Å². The Kier molecular flexibility index (Phi) is 7.19. The third-order valence-electron chi connectivity index (χ3n) is 5.03. The quantitative estimate of drug-likeness (QED) is 0.716. The molecule has 2 atom stereocenters. The molecule has 2 aromatic rings. The summed E-state index contributed by atoms with van der Waals surface area (Å²) < 4.78 is 18.6. The zero-order valence-corrected chi connectivity index (χ0v) is 16.2. The largest absolute Gasteiger partial charge is 0.368 e. The van der Waals surface area contributed by atoms with Crippen molar-refractivity contribution in [3.05, 3.63) is 71.5 Å². The van der Waals surface area contributed by atoms with E-state index in [-0.39, 0.29) is 30.6 Å². The van der Waals surface area contributed by atoms with Crippen molar-refractivity contribution in [2.24, 2.45) is 5.73 Å². The molecule has 29 heavy (non-hydrogen) atoms. The summed E-state index contributed by atoms with van der Waals surface area (Å²) in [7, 11) is 0. The van der Waals surface area contributed by atoms with Crippen LogP contribution in [-0.2, 0) is 16.0 Å². The number of nitrogens with two attached hydrogens (primary N) is 1. The maximum atomic E-state index is 13.1. The van der Waals surface area contributed by atoms with E-state index in [0.717, 1.165) is 11.1 Å². The number of nitrogens with zero attached hydrogens (tertiary/aromatic N) is 1. The molecule has 154 valence electrons. The lowest BCUT2D eigenvalue weighted by Gasteiger charge is -2.24. The van der Waals surface area contributed by atoms with E-state index in [1.165, 1.54) is 12.1 Å². The minimum atomic E-state index is -0.516. The summed E-state index contributed by atoms with van der Waals surface area (Å²) in [4.78, 5) is 25.3. The van der Waals surface area contributed by atoms with Crippen molar-refractivity contribution in [2.75, 3.05) is 19.7 Å². The van der Waals surface area contributed by atoms with Crippen LogP contribution in [0.15, 0.2) is 54.6 Å². The van der Waals surface area contributed by atoms with E-state index >= 15 is 0 Å². The van der Waals surface area contributed by atoms with Crippen molar-refractivity contribution < 1.29 is 18.7 Å². The first kappa shape index (κ1) is 20.8. The molecular formula is C22H26FN3O3. The first-order valence-corrected chi connectivity index (χ1v) is 9.76. The van der Waals surface area contributed by atoms with Gasteiger partial charge < -0.3 is 20.7 Å². The summed E-state index contributed by atoms with van der Waals surface area (Å²) in [5.74, 6) is -0.776. The third kappa shape index (κ3) is 6.29. The molecule has 3 amide bonds. The Bertz CT molecular complexity index is 814. The van der Waals surface area contributed by atoms with E-state index in [0.29, 0.717) is 32.4 Å². The number of carbonyl (C=O) groups is 2. The van der Waals surface area contributed by atoms with Crippen LogP contribution in [0.5, 0.6) is 0 Å². The number of primary amides is 1. The van der Waals surface area contributed by atoms with Crippen LogP contribution < -0.4 is 11.1 Å². The van der Waals surface area contributed by atoms with Crippen molar-refractivity contribution in [2.45, 2.75) is 31.4 Å². The Morgan fingerprint density at radius 2 is 1.90 bits per heavy atom. The lowest BCUT2D eigenvalue weighted by Crippen LogP contribution is -2.41. The van der Waals surface area contributed by atoms with Gasteiger partial charge in [-0.1, -0.05) is 42.5 Å². The number of ether oxygens (including phenoxy) is 1. The maximum absolute atomic E-state index is 13.1. The number of nitrogens with one attached hydrogen (secondary N) is 1. The maximum Gasteiger partial charge on any atom is 0.317 e. The van der Waals surface area contributed by atoms with E-state index in [1.54, 1.807) is 17.0 Å². The number of urea groups is 1. The van der Waals surface area contributed by atoms with Gasteiger partial charge in [0.05, 0.1) is 12.1 Å². The summed E-state index contributed by atoms with van der Waals surface area (Å²) in [5, 5.41) is 3.11. The summed E-state index contributed by atoms with van der Waals surface area (Å²) in [5.41, 5.74) is 7.14. The molecule has 1 heterocycles. The van der Waals surface area contributed by atoms with Crippen molar-refractivity contribution in [1.82, 2.24) is 10.2 Å². The van der Waals surface area contributed by atoms with Gasteiger partial charge in [-0.2, -0.15) is 0 Å². The molecule has 0 bridgehead atoms. The van der Waals surface area contributed by atoms with Crippen LogP contribution in [0.25, 0.3) is 0 Å².